The normalized spacial score (nSPS) is 13.9. The van der Waals surface area contributed by atoms with E-state index < -0.39 is 23.3 Å². The third kappa shape index (κ3) is 7.74. The Morgan fingerprint density at radius 3 is 2.09 bits per heavy atom. The van der Waals surface area contributed by atoms with E-state index >= 15 is 0 Å². The van der Waals surface area contributed by atoms with Gasteiger partial charge in [0.25, 0.3) is 0 Å². The van der Waals surface area contributed by atoms with Crippen LogP contribution in [0.15, 0.2) is 36.6 Å². The van der Waals surface area contributed by atoms with Crippen molar-refractivity contribution >= 4 is 0 Å². The molecule has 2 aromatic carbocycles. The highest BCUT2D eigenvalue weighted by Gasteiger charge is 2.21. The molecule has 194 valence electrons. The Balaban J connectivity index is 1.98. The zero-order valence-corrected chi connectivity index (χ0v) is 21.5. The average Bonchev–Trinajstić information content (AvgIpc) is 2.85. The van der Waals surface area contributed by atoms with Gasteiger partial charge >= 0.3 is 0 Å². The summed E-state index contributed by atoms with van der Waals surface area (Å²) < 4.78 is 69.0. The molecule has 0 saturated heterocycles. The summed E-state index contributed by atoms with van der Waals surface area (Å²) in [5.74, 6) is -3.00. The average molecular weight is 495 g/mol. The highest BCUT2D eigenvalue weighted by Crippen LogP contribution is 2.33. The van der Waals surface area contributed by atoms with Crippen molar-refractivity contribution in [1.82, 2.24) is 0 Å². The minimum absolute atomic E-state index is 0.123. The molecule has 2 nitrogen and oxygen atoms in total. The van der Waals surface area contributed by atoms with Gasteiger partial charge in [0.1, 0.15) is 0 Å². The molecule has 2 rings (SSSR count). The molecular formula is C29H38F4O2. The summed E-state index contributed by atoms with van der Waals surface area (Å²) in [5.41, 5.74) is -0.586. The fourth-order valence-electron chi connectivity index (χ4n) is 3.79. The van der Waals surface area contributed by atoms with Gasteiger partial charge in [0, 0.05) is 17.5 Å². The fourth-order valence-corrected chi connectivity index (χ4v) is 3.79. The van der Waals surface area contributed by atoms with Crippen molar-refractivity contribution < 1.29 is 27.0 Å². The lowest BCUT2D eigenvalue weighted by Gasteiger charge is -2.22. The smallest absolute Gasteiger partial charge is 0.201 e. The van der Waals surface area contributed by atoms with E-state index in [4.69, 9.17) is 9.47 Å². The van der Waals surface area contributed by atoms with E-state index in [1.165, 1.54) is 37.1 Å². The summed E-state index contributed by atoms with van der Waals surface area (Å²) >= 11 is 0. The first-order valence-electron chi connectivity index (χ1n) is 12.5. The van der Waals surface area contributed by atoms with Crippen LogP contribution in [-0.2, 0) is 11.2 Å². The van der Waals surface area contributed by atoms with E-state index in [0.717, 1.165) is 6.42 Å². The largest absolute Gasteiger partial charge is 0.498 e. The van der Waals surface area contributed by atoms with Gasteiger partial charge < -0.3 is 9.47 Å². The van der Waals surface area contributed by atoms with Crippen molar-refractivity contribution in [2.75, 3.05) is 13.2 Å². The quantitative estimate of drug-likeness (QED) is 0.193. The number of hydrogen-bond acceptors (Lipinski definition) is 2. The van der Waals surface area contributed by atoms with E-state index in [2.05, 4.69) is 34.3 Å². The van der Waals surface area contributed by atoms with Crippen LogP contribution in [0.5, 0.6) is 5.75 Å². The summed E-state index contributed by atoms with van der Waals surface area (Å²) in [7, 11) is 0. The molecule has 6 heteroatoms. The minimum atomic E-state index is -1.28. The van der Waals surface area contributed by atoms with Gasteiger partial charge in [0.15, 0.2) is 23.2 Å². The Labute approximate surface area is 207 Å². The summed E-state index contributed by atoms with van der Waals surface area (Å²) in [6.07, 6.45) is 4.02. The number of allylic oxidation sites excluding steroid dienone is 1. The summed E-state index contributed by atoms with van der Waals surface area (Å²) in [6, 6.07) is 5.03. The minimum Gasteiger partial charge on any atom is -0.498 e. The van der Waals surface area contributed by atoms with Gasteiger partial charge in [-0.2, -0.15) is 4.39 Å². The van der Waals surface area contributed by atoms with Gasteiger partial charge in [-0.05, 0) is 48.8 Å². The zero-order valence-electron chi connectivity index (χ0n) is 21.5. The maximum Gasteiger partial charge on any atom is 0.201 e. The number of halogens is 4. The van der Waals surface area contributed by atoms with Gasteiger partial charge in [-0.1, -0.05) is 65.7 Å². The molecule has 0 radical (unpaired) electrons. The molecule has 0 aliphatic carbocycles. The maximum atomic E-state index is 14.8. The summed E-state index contributed by atoms with van der Waals surface area (Å²) in [5, 5.41) is 0. The van der Waals surface area contributed by atoms with Crippen LogP contribution in [0.2, 0.25) is 0 Å². The van der Waals surface area contributed by atoms with E-state index in [9.17, 15) is 17.6 Å². The van der Waals surface area contributed by atoms with Gasteiger partial charge in [-0.3, -0.25) is 0 Å². The van der Waals surface area contributed by atoms with Gasteiger partial charge in [0.2, 0.25) is 5.82 Å². The van der Waals surface area contributed by atoms with E-state index in [1.54, 1.807) is 6.92 Å². The second-order valence-electron chi connectivity index (χ2n) is 9.47. The molecule has 0 aliphatic rings. The van der Waals surface area contributed by atoms with Gasteiger partial charge in [-0.25, -0.2) is 13.2 Å². The molecule has 2 aromatic rings. The van der Waals surface area contributed by atoms with Crippen molar-refractivity contribution in [3.05, 3.63) is 65.4 Å². The van der Waals surface area contributed by atoms with Gasteiger partial charge in [0.05, 0.1) is 19.0 Å². The van der Waals surface area contributed by atoms with Gasteiger partial charge in [-0.15, -0.1) is 0 Å². The highest BCUT2D eigenvalue weighted by atomic mass is 19.2. The molecular weight excluding hydrogens is 456 g/mol. The van der Waals surface area contributed by atoms with Crippen LogP contribution >= 0.6 is 0 Å². The molecule has 0 saturated carbocycles. The maximum absolute atomic E-state index is 14.8. The van der Waals surface area contributed by atoms with Crippen molar-refractivity contribution in [2.24, 2.45) is 17.8 Å². The lowest BCUT2D eigenvalue weighted by atomic mass is 9.88. The molecule has 0 amide bonds. The Morgan fingerprint density at radius 2 is 1.46 bits per heavy atom. The second-order valence-corrected chi connectivity index (χ2v) is 9.47. The molecule has 3 atom stereocenters. The summed E-state index contributed by atoms with van der Waals surface area (Å²) in [4.78, 5) is 0. The molecule has 0 heterocycles. The van der Waals surface area contributed by atoms with Crippen molar-refractivity contribution in [1.29, 1.82) is 0 Å². The monoisotopic (exact) mass is 494 g/mol. The second kappa shape index (κ2) is 13.6. The summed E-state index contributed by atoms with van der Waals surface area (Å²) in [6.45, 7) is 15.0. The molecule has 0 fully saturated rings. The van der Waals surface area contributed by atoms with Crippen molar-refractivity contribution in [3.8, 4) is 16.9 Å². The molecule has 0 spiro atoms. The van der Waals surface area contributed by atoms with Crippen molar-refractivity contribution in [2.45, 2.75) is 66.7 Å². The van der Waals surface area contributed by atoms with E-state index in [1.807, 2.05) is 0 Å². The molecule has 0 bridgehead atoms. The fraction of sp³-hybridized carbons (Fsp3) is 0.517. The van der Waals surface area contributed by atoms with Crippen LogP contribution in [0.25, 0.3) is 11.1 Å². The van der Waals surface area contributed by atoms with Crippen LogP contribution in [0.1, 0.15) is 65.9 Å². The number of hydrogen-bond donors (Lipinski definition) is 0. The predicted molar refractivity (Wildman–Crippen MR) is 133 cm³/mol. The lowest BCUT2D eigenvalue weighted by molar-refractivity contribution is 0.134. The first-order chi connectivity index (χ1) is 16.6. The molecule has 35 heavy (non-hydrogen) atoms. The van der Waals surface area contributed by atoms with Crippen LogP contribution in [0, 0.1) is 41.0 Å². The molecule has 3 unspecified atom stereocenters. The third-order valence-electron chi connectivity index (χ3n) is 6.81. The Bertz CT molecular complexity index is 989. The number of benzene rings is 2. The predicted octanol–water partition coefficient (Wildman–Crippen LogP) is 8.87. The Morgan fingerprint density at radius 1 is 0.829 bits per heavy atom. The Hall–Kier alpha value is -2.50. The first-order valence-corrected chi connectivity index (χ1v) is 12.5. The highest BCUT2D eigenvalue weighted by molar-refractivity contribution is 5.66. The van der Waals surface area contributed by atoms with Crippen molar-refractivity contribution in [3.63, 3.8) is 0 Å². The molecule has 0 aromatic heterocycles. The SMILES string of the molecule is C=C(CCc1ccc(-c2ccc(OCC)c(F)c2F)c(F)c1F)OCC(C)C(C)CCC(C)CC. The van der Waals surface area contributed by atoms with Crippen LogP contribution in [-0.4, -0.2) is 13.2 Å². The Kier molecular flexibility index (Phi) is 11.1. The molecule has 0 N–H and O–H groups in total. The zero-order chi connectivity index (χ0) is 26.1. The van der Waals surface area contributed by atoms with Crippen LogP contribution in [0.3, 0.4) is 0 Å². The topological polar surface area (TPSA) is 18.5 Å². The first kappa shape index (κ1) is 28.7. The lowest BCUT2D eigenvalue weighted by Crippen LogP contribution is -2.15. The van der Waals surface area contributed by atoms with Crippen LogP contribution < -0.4 is 4.74 Å². The van der Waals surface area contributed by atoms with Crippen LogP contribution in [0.4, 0.5) is 17.6 Å². The third-order valence-corrected chi connectivity index (χ3v) is 6.81. The standard InChI is InChI=1S/C29H38F4O2/c1-7-18(3)9-10-19(4)20(5)17-35-21(6)11-12-22-13-14-23(27(31)26(22)30)24-15-16-25(34-8-2)29(33)28(24)32/h13-16,18-20H,6-12,17H2,1-5H3. The number of aryl methyl sites for hydroxylation is 1. The number of ether oxygens (including phenoxy) is 2. The van der Waals surface area contributed by atoms with E-state index in [-0.39, 0.29) is 35.5 Å². The molecule has 0 aliphatic heterocycles. The van der Waals surface area contributed by atoms with E-state index in [0.29, 0.717) is 36.5 Å². The number of rotatable bonds is 14.